The fourth-order valence-corrected chi connectivity index (χ4v) is 1.10. The van der Waals surface area contributed by atoms with Gasteiger partial charge in [-0.15, -0.1) is 0 Å². The molecule has 0 amide bonds. The lowest BCUT2D eigenvalue weighted by Crippen LogP contribution is -2.17. The molecule has 3 nitrogen and oxygen atoms in total. The summed E-state index contributed by atoms with van der Waals surface area (Å²) < 4.78 is 2.04. The van der Waals surface area contributed by atoms with Crippen LogP contribution in [0, 0.1) is 0 Å². The number of hydrogen-bond donors (Lipinski definition) is 0. The third kappa shape index (κ3) is 3.03. The van der Waals surface area contributed by atoms with Crippen LogP contribution in [0.1, 0.15) is 17.3 Å². The molecule has 1 aromatic heterocycles. The minimum atomic E-state index is 0.128. The van der Waals surface area contributed by atoms with Gasteiger partial charge in [0.25, 0.3) is 0 Å². The van der Waals surface area contributed by atoms with E-state index in [0.717, 1.165) is 18.7 Å². The van der Waals surface area contributed by atoms with E-state index in [1.54, 1.807) is 6.92 Å². The van der Waals surface area contributed by atoms with Crippen LogP contribution in [0.15, 0.2) is 18.5 Å². The second-order valence-electron chi connectivity index (χ2n) is 3.50. The number of rotatable bonds is 4. The Morgan fingerprint density at radius 3 is 2.69 bits per heavy atom. The molecular formula is C10H16N2O. The molecule has 0 saturated heterocycles. The van der Waals surface area contributed by atoms with Crippen LogP contribution in [0.25, 0.3) is 0 Å². The summed E-state index contributed by atoms with van der Waals surface area (Å²) >= 11 is 0. The van der Waals surface area contributed by atoms with Crippen LogP contribution < -0.4 is 0 Å². The smallest absolute Gasteiger partial charge is 0.161 e. The monoisotopic (exact) mass is 180 g/mol. The number of ketones is 1. The van der Waals surface area contributed by atoms with Gasteiger partial charge in [-0.2, -0.15) is 0 Å². The largest absolute Gasteiger partial charge is 0.352 e. The van der Waals surface area contributed by atoms with Gasteiger partial charge in [0, 0.05) is 31.0 Å². The summed E-state index contributed by atoms with van der Waals surface area (Å²) in [5.74, 6) is 0.128. The Balaban J connectivity index is 2.54. The quantitative estimate of drug-likeness (QED) is 0.652. The van der Waals surface area contributed by atoms with Crippen molar-refractivity contribution in [2.75, 3.05) is 20.6 Å². The first-order valence-corrected chi connectivity index (χ1v) is 4.41. The maximum atomic E-state index is 11.0. The van der Waals surface area contributed by atoms with Crippen molar-refractivity contribution in [1.82, 2.24) is 9.47 Å². The highest BCUT2D eigenvalue weighted by Crippen LogP contribution is 2.01. The molecule has 3 heteroatoms. The van der Waals surface area contributed by atoms with Crippen LogP contribution in [-0.2, 0) is 6.54 Å². The molecule has 0 unspecified atom stereocenters. The highest BCUT2D eigenvalue weighted by atomic mass is 16.1. The molecule has 0 aliphatic rings. The second-order valence-corrected chi connectivity index (χ2v) is 3.50. The summed E-state index contributed by atoms with van der Waals surface area (Å²) in [6.45, 7) is 3.51. The Morgan fingerprint density at radius 2 is 2.23 bits per heavy atom. The van der Waals surface area contributed by atoms with Gasteiger partial charge in [0.15, 0.2) is 5.78 Å². The maximum Gasteiger partial charge on any atom is 0.161 e. The fourth-order valence-electron chi connectivity index (χ4n) is 1.10. The number of nitrogens with zero attached hydrogens (tertiary/aromatic N) is 2. The summed E-state index contributed by atoms with van der Waals surface area (Å²) in [6.07, 6.45) is 3.84. The molecule has 0 saturated carbocycles. The van der Waals surface area contributed by atoms with Crippen LogP contribution in [0.2, 0.25) is 0 Å². The predicted octanol–water partition coefficient (Wildman–Crippen LogP) is 1.25. The molecule has 0 spiro atoms. The van der Waals surface area contributed by atoms with Gasteiger partial charge in [-0.05, 0) is 27.1 Å². The molecule has 0 radical (unpaired) electrons. The average molecular weight is 180 g/mol. The molecule has 1 rings (SSSR count). The molecule has 0 atom stereocenters. The predicted molar refractivity (Wildman–Crippen MR) is 53.0 cm³/mol. The molecule has 13 heavy (non-hydrogen) atoms. The average Bonchev–Trinajstić information content (AvgIpc) is 2.48. The molecule has 1 aromatic rings. The van der Waals surface area contributed by atoms with Crippen LogP contribution in [0.3, 0.4) is 0 Å². The van der Waals surface area contributed by atoms with Gasteiger partial charge in [0.05, 0.1) is 0 Å². The molecular weight excluding hydrogens is 164 g/mol. The van der Waals surface area contributed by atoms with Crippen molar-refractivity contribution in [2.24, 2.45) is 0 Å². The molecule has 0 aliphatic carbocycles. The van der Waals surface area contributed by atoms with Crippen molar-refractivity contribution in [2.45, 2.75) is 13.5 Å². The molecule has 1 heterocycles. The van der Waals surface area contributed by atoms with Crippen molar-refractivity contribution in [3.63, 3.8) is 0 Å². The first kappa shape index (κ1) is 9.99. The van der Waals surface area contributed by atoms with Gasteiger partial charge in [0.1, 0.15) is 0 Å². The standard InChI is InChI=1S/C10H16N2O/c1-9(13)10-4-5-12(8-10)7-6-11(2)3/h4-5,8H,6-7H2,1-3H3. The van der Waals surface area contributed by atoms with Crippen LogP contribution in [0.5, 0.6) is 0 Å². The molecule has 0 aliphatic heterocycles. The minimum Gasteiger partial charge on any atom is -0.352 e. The summed E-state index contributed by atoms with van der Waals surface area (Å²) in [7, 11) is 4.07. The van der Waals surface area contributed by atoms with Gasteiger partial charge in [-0.1, -0.05) is 0 Å². The van der Waals surface area contributed by atoms with E-state index >= 15 is 0 Å². The Labute approximate surface area is 79.0 Å². The minimum absolute atomic E-state index is 0.128. The lowest BCUT2D eigenvalue weighted by Gasteiger charge is -2.09. The summed E-state index contributed by atoms with van der Waals surface area (Å²) in [5.41, 5.74) is 0.791. The maximum absolute atomic E-state index is 11.0. The number of likely N-dealkylation sites (N-methyl/N-ethyl adjacent to an activating group) is 1. The third-order valence-corrected chi connectivity index (χ3v) is 1.96. The van der Waals surface area contributed by atoms with E-state index in [0.29, 0.717) is 0 Å². The fraction of sp³-hybridized carbons (Fsp3) is 0.500. The van der Waals surface area contributed by atoms with Crippen molar-refractivity contribution in [1.29, 1.82) is 0 Å². The molecule has 0 bridgehead atoms. The zero-order valence-corrected chi connectivity index (χ0v) is 8.45. The van der Waals surface area contributed by atoms with Crippen LogP contribution >= 0.6 is 0 Å². The van der Waals surface area contributed by atoms with Gasteiger partial charge < -0.3 is 9.47 Å². The van der Waals surface area contributed by atoms with E-state index in [1.807, 2.05) is 37.1 Å². The second kappa shape index (κ2) is 4.23. The number of Topliss-reactive ketones (excluding diaryl/α,β-unsaturated/α-hetero) is 1. The van der Waals surface area contributed by atoms with Crippen LogP contribution in [-0.4, -0.2) is 35.9 Å². The molecule has 72 valence electrons. The van der Waals surface area contributed by atoms with E-state index in [4.69, 9.17) is 0 Å². The Hall–Kier alpha value is -1.09. The Morgan fingerprint density at radius 1 is 1.54 bits per heavy atom. The normalized spacial score (nSPS) is 10.8. The highest BCUT2D eigenvalue weighted by Gasteiger charge is 2.00. The molecule has 0 N–H and O–H groups in total. The van der Waals surface area contributed by atoms with Gasteiger partial charge in [-0.25, -0.2) is 0 Å². The number of carbonyl (C=O) groups excluding carboxylic acids is 1. The van der Waals surface area contributed by atoms with E-state index in [-0.39, 0.29) is 5.78 Å². The lowest BCUT2D eigenvalue weighted by molar-refractivity contribution is 0.101. The van der Waals surface area contributed by atoms with Gasteiger partial charge in [-0.3, -0.25) is 4.79 Å². The van der Waals surface area contributed by atoms with E-state index < -0.39 is 0 Å². The van der Waals surface area contributed by atoms with E-state index in [9.17, 15) is 4.79 Å². The third-order valence-electron chi connectivity index (χ3n) is 1.96. The first-order chi connectivity index (χ1) is 6.09. The van der Waals surface area contributed by atoms with Crippen molar-refractivity contribution < 1.29 is 4.79 Å². The highest BCUT2D eigenvalue weighted by molar-refractivity contribution is 5.93. The first-order valence-electron chi connectivity index (χ1n) is 4.41. The van der Waals surface area contributed by atoms with Gasteiger partial charge >= 0.3 is 0 Å². The van der Waals surface area contributed by atoms with Crippen molar-refractivity contribution >= 4 is 5.78 Å². The Bertz CT molecular complexity index is 289. The zero-order chi connectivity index (χ0) is 9.84. The lowest BCUT2D eigenvalue weighted by atomic mass is 10.2. The summed E-state index contributed by atoms with van der Waals surface area (Å²) in [5, 5.41) is 0. The molecule has 0 aromatic carbocycles. The summed E-state index contributed by atoms with van der Waals surface area (Å²) in [4.78, 5) is 13.1. The molecule has 0 fully saturated rings. The van der Waals surface area contributed by atoms with E-state index in [1.165, 1.54) is 0 Å². The van der Waals surface area contributed by atoms with Crippen molar-refractivity contribution in [3.05, 3.63) is 24.0 Å². The topological polar surface area (TPSA) is 25.2 Å². The number of hydrogen-bond acceptors (Lipinski definition) is 2. The van der Waals surface area contributed by atoms with E-state index in [2.05, 4.69) is 4.90 Å². The van der Waals surface area contributed by atoms with Gasteiger partial charge in [0.2, 0.25) is 0 Å². The van der Waals surface area contributed by atoms with Crippen LogP contribution in [0.4, 0.5) is 0 Å². The SMILES string of the molecule is CC(=O)c1ccn(CCN(C)C)c1. The zero-order valence-electron chi connectivity index (χ0n) is 8.45. The Kier molecular flexibility index (Phi) is 3.25. The number of aromatic nitrogens is 1. The van der Waals surface area contributed by atoms with Crippen molar-refractivity contribution in [3.8, 4) is 0 Å². The number of carbonyl (C=O) groups is 1. The summed E-state index contributed by atoms with van der Waals surface area (Å²) in [6, 6.07) is 1.86.